The van der Waals surface area contributed by atoms with Gasteiger partial charge < -0.3 is 4.57 Å². The van der Waals surface area contributed by atoms with Crippen LogP contribution in [0, 0.1) is 37.0 Å². The lowest BCUT2D eigenvalue weighted by atomic mass is 9.49. The third-order valence-corrected chi connectivity index (χ3v) is 8.24. The van der Waals surface area contributed by atoms with Gasteiger partial charge >= 0.3 is 0 Å². The van der Waals surface area contributed by atoms with Crippen molar-refractivity contribution >= 4 is 17.2 Å². The maximum absolute atomic E-state index is 13.4. The average Bonchev–Trinajstić information content (AvgIpc) is 2.89. The van der Waals surface area contributed by atoms with Gasteiger partial charge in [0.1, 0.15) is 0 Å². The number of nitrogens with zero attached hydrogens (tertiary/aromatic N) is 3. The molecular formula is C22H27N3OS. The standard InChI is InChI=1S/C22H27N3OS/c1-14-15(2)27-21(25(14)13-16-4-3-5-23-12-16)24-20(26)22-9-17-6-18(10-22)8-19(7-17)11-22/h3-5,12,17-19H,6-11,13H2,1-2H3. The number of thiazole rings is 1. The second-order valence-corrected chi connectivity index (χ2v) is 10.3. The zero-order chi connectivity index (χ0) is 18.6. The Morgan fingerprint density at radius 2 is 1.89 bits per heavy atom. The molecule has 0 aliphatic heterocycles. The highest BCUT2D eigenvalue weighted by atomic mass is 32.1. The van der Waals surface area contributed by atoms with Gasteiger partial charge in [0.2, 0.25) is 0 Å². The number of rotatable bonds is 3. The maximum Gasteiger partial charge on any atom is 0.254 e. The summed E-state index contributed by atoms with van der Waals surface area (Å²) in [7, 11) is 0. The van der Waals surface area contributed by atoms with Gasteiger partial charge in [0.25, 0.3) is 5.91 Å². The summed E-state index contributed by atoms with van der Waals surface area (Å²) in [5, 5.41) is 0. The van der Waals surface area contributed by atoms with E-state index in [0.29, 0.717) is 0 Å². The van der Waals surface area contributed by atoms with Crippen molar-refractivity contribution in [3.63, 3.8) is 0 Å². The van der Waals surface area contributed by atoms with Crippen molar-refractivity contribution in [3.05, 3.63) is 45.5 Å². The number of aromatic nitrogens is 2. The fourth-order valence-corrected chi connectivity index (χ4v) is 7.09. The summed E-state index contributed by atoms with van der Waals surface area (Å²) in [4.78, 5) is 24.5. The molecule has 27 heavy (non-hydrogen) atoms. The second kappa shape index (κ2) is 6.40. The van der Waals surface area contributed by atoms with Gasteiger partial charge in [-0.1, -0.05) is 6.07 Å². The summed E-state index contributed by atoms with van der Waals surface area (Å²) in [6, 6.07) is 4.04. The number of carbonyl (C=O) groups excluding carboxylic acids is 1. The first-order valence-electron chi connectivity index (χ1n) is 10.2. The molecule has 0 saturated heterocycles. The van der Waals surface area contributed by atoms with Crippen LogP contribution >= 0.6 is 11.3 Å². The van der Waals surface area contributed by atoms with Crippen LogP contribution in [-0.4, -0.2) is 15.5 Å². The summed E-state index contributed by atoms with van der Waals surface area (Å²) < 4.78 is 2.19. The Labute approximate surface area is 164 Å². The molecule has 4 saturated carbocycles. The summed E-state index contributed by atoms with van der Waals surface area (Å²) >= 11 is 1.65. The van der Waals surface area contributed by atoms with Crippen LogP contribution in [0.15, 0.2) is 29.5 Å². The monoisotopic (exact) mass is 381 g/mol. The van der Waals surface area contributed by atoms with E-state index < -0.39 is 0 Å². The van der Waals surface area contributed by atoms with E-state index in [4.69, 9.17) is 4.99 Å². The van der Waals surface area contributed by atoms with Gasteiger partial charge in [0.15, 0.2) is 4.80 Å². The third-order valence-electron chi connectivity index (χ3n) is 7.14. The molecule has 0 spiro atoms. The molecule has 0 atom stereocenters. The van der Waals surface area contributed by atoms with Crippen LogP contribution in [0.1, 0.15) is 54.7 Å². The van der Waals surface area contributed by atoms with E-state index in [2.05, 4.69) is 29.5 Å². The number of amides is 1. The molecular weight excluding hydrogens is 354 g/mol. The SMILES string of the molecule is Cc1sc(=NC(=O)C23CC4CC(CC(C4)C2)C3)n(Cc2cccnc2)c1C. The van der Waals surface area contributed by atoms with Crippen molar-refractivity contribution in [2.45, 2.75) is 58.9 Å². The van der Waals surface area contributed by atoms with Crippen molar-refractivity contribution in [1.29, 1.82) is 0 Å². The zero-order valence-electron chi connectivity index (χ0n) is 16.1. The minimum atomic E-state index is -0.160. The third kappa shape index (κ3) is 3.00. The molecule has 4 bridgehead atoms. The van der Waals surface area contributed by atoms with Crippen LogP contribution in [0.25, 0.3) is 0 Å². The number of pyridine rings is 1. The van der Waals surface area contributed by atoms with Crippen molar-refractivity contribution in [2.75, 3.05) is 0 Å². The molecule has 0 aromatic carbocycles. The molecule has 4 aliphatic carbocycles. The molecule has 0 N–H and O–H groups in total. The molecule has 2 heterocycles. The lowest BCUT2D eigenvalue weighted by molar-refractivity contribution is -0.142. The van der Waals surface area contributed by atoms with E-state index in [-0.39, 0.29) is 11.3 Å². The van der Waals surface area contributed by atoms with Crippen LogP contribution in [0.5, 0.6) is 0 Å². The lowest BCUT2D eigenvalue weighted by Crippen LogP contribution is -2.50. The highest BCUT2D eigenvalue weighted by Gasteiger charge is 2.54. The summed E-state index contributed by atoms with van der Waals surface area (Å²) in [5.41, 5.74) is 2.18. The summed E-state index contributed by atoms with van der Waals surface area (Å²) in [6.45, 7) is 4.96. The smallest absolute Gasteiger partial charge is 0.254 e. The van der Waals surface area contributed by atoms with E-state index in [1.807, 2.05) is 12.3 Å². The van der Waals surface area contributed by atoms with Crippen molar-refractivity contribution in [1.82, 2.24) is 9.55 Å². The van der Waals surface area contributed by atoms with Gasteiger partial charge in [-0.3, -0.25) is 9.78 Å². The zero-order valence-corrected chi connectivity index (χ0v) is 17.0. The van der Waals surface area contributed by atoms with Crippen LogP contribution in [0.3, 0.4) is 0 Å². The largest absolute Gasteiger partial charge is 0.316 e. The number of carbonyl (C=O) groups is 1. The lowest BCUT2D eigenvalue weighted by Gasteiger charge is -2.55. The first-order chi connectivity index (χ1) is 13.0. The van der Waals surface area contributed by atoms with Gasteiger partial charge in [-0.15, -0.1) is 11.3 Å². The highest BCUT2D eigenvalue weighted by Crippen LogP contribution is 2.60. The van der Waals surface area contributed by atoms with Gasteiger partial charge in [-0.05, 0) is 81.8 Å². The van der Waals surface area contributed by atoms with Gasteiger partial charge in [-0.25, -0.2) is 0 Å². The normalized spacial score (nSPS) is 32.2. The second-order valence-electron chi connectivity index (χ2n) is 9.09. The van der Waals surface area contributed by atoms with E-state index >= 15 is 0 Å². The Hall–Kier alpha value is -1.75. The Morgan fingerprint density at radius 3 is 2.48 bits per heavy atom. The molecule has 4 aliphatic rings. The van der Waals surface area contributed by atoms with E-state index in [1.165, 1.54) is 29.8 Å². The van der Waals surface area contributed by atoms with Crippen LogP contribution in [-0.2, 0) is 11.3 Å². The predicted octanol–water partition coefficient (Wildman–Crippen LogP) is 4.25. The minimum Gasteiger partial charge on any atom is -0.316 e. The van der Waals surface area contributed by atoms with Crippen molar-refractivity contribution in [3.8, 4) is 0 Å². The molecule has 1 amide bonds. The molecule has 2 aromatic heterocycles. The number of hydrogen-bond acceptors (Lipinski definition) is 3. The average molecular weight is 382 g/mol. The van der Waals surface area contributed by atoms with Crippen LogP contribution in [0.4, 0.5) is 0 Å². The summed E-state index contributed by atoms with van der Waals surface area (Å²) in [6.07, 6.45) is 11.0. The van der Waals surface area contributed by atoms with E-state index in [1.54, 1.807) is 17.5 Å². The predicted molar refractivity (Wildman–Crippen MR) is 106 cm³/mol. The first-order valence-corrected chi connectivity index (χ1v) is 11.0. The quantitative estimate of drug-likeness (QED) is 0.798. The minimum absolute atomic E-state index is 0.155. The molecule has 0 radical (unpaired) electrons. The van der Waals surface area contributed by atoms with Crippen LogP contribution in [0.2, 0.25) is 0 Å². The Morgan fingerprint density at radius 1 is 1.22 bits per heavy atom. The van der Waals surface area contributed by atoms with Gasteiger partial charge in [-0.2, -0.15) is 4.99 Å². The molecule has 4 fully saturated rings. The Balaban J connectivity index is 1.50. The van der Waals surface area contributed by atoms with Crippen molar-refractivity contribution in [2.24, 2.45) is 28.2 Å². The number of aryl methyl sites for hydroxylation is 1. The molecule has 2 aromatic rings. The Bertz CT molecular complexity index is 905. The highest BCUT2D eigenvalue weighted by molar-refractivity contribution is 7.09. The summed E-state index contributed by atoms with van der Waals surface area (Å²) in [5.74, 6) is 2.46. The first kappa shape index (κ1) is 17.4. The molecule has 5 heteroatoms. The van der Waals surface area contributed by atoms with E-state index in [0.717, 1.165) is 53.9 Å². The molecule has 142 valence electrons. The fourth-order valence-electron chi connectivity index (χ4n) is 6.12. The Kier molecular flexibility index (Phi) is 4.12. The molecule has 6 rings (SSSR count). The van der Waals surface area contributed by atoms with Crippen molar-refractivity contribution < 1.29 is 4.79 Å². The fraction of sp³-hybridized carbons (Fsp3) is 0.591. The van der Waals surface area contributed by atoms with Gasteiger partial charge in [0, 0.05) is 23.0 Å². The van der Waals surface area contributed by atoms with E-state index in [9.17, 15) is 4.79 Å². The van der Waals surface area contributed by atoms with Crippen LogP contribution < -0.4 is 4.80 Å². The van der Waals surface area contributed by atoms with Gasteiger partial charge in [0.05, 0.1) is 12.0 Å². The molecule has 0 unspecified atom stereocenters. The topological polar surface area (TPSA) is 47.2 Å². The molecule has 4 nitrogen and oxygen atoms in total. The maximum atomic E-state index is 13.4. The number of hydrogen-bond donors (Lipinski definition) is 0.